The van der Waals surface area contributed by atoms with Crippen molar-refractivity contribution >= 4 is 10.0 Å². The van der Waals surface area contributed by atoms with Gasteiger partial charge in [0.1, 0.15) is 4.90 Å². The van der Waals surface area contributed by atoms with Crippen molar-refractivity contribution in [3.8, 4) is 0 Å². The lowest BCUT2D eigenvalue weighted by molar-refractivity contribution is 0.312. The van der Waals surface area contributed by atoms with E-state index in [1.54, 1.807) is 28.8 Å². The normalized spacial score (nSPS) is 20.9. The Bertz CT molecular complexity index is 655. The molecular formula is C13H16N4O2S. The van der Waals surface area contributed by atoms with Gasteiger partial charge in [-0.1, -0.05) is 0 Å². The van der Waals surface area contributed by atoms with E-state index >= 15 is 0 Å². The molecule has 0 unspecified atom stereocenters. The number of hydrogen-bond acceptors (Lipinski definition) is 4. The molecule has 0 radical (unpaired) electrons. The highest BCUT2D eigenvalue weighted by Crippen LogP contribution is 2.28. The first-order valence-corrected chi connectivity index (χ1v) is 8.01. The molecule has 6 nitrogen and oxygen atoms in total. The summed E-state index contributed by atoms with van der Waals surface area (Å²) in [4.78, 5) is 4.15. The highest BCUT2D eigenvalue weighted by atomic mass is 32.2. The van der Waals surface area contributed by atoms with E-state index in [1.165, 1.54) is 6.20 Å². The van der Waals surface area contributed by atoms with Crippen LogP contribution in [0.1, 0.15) is 24.5 Å². The average Bonchev–Trinajstić information content (AvgIpc) is 3.03. The SMILES string of the molecule is O=S(=O)(c1cccnc1)N1CCC[C@H](c2ccn[nH]2)C1. The van der Waals surface area contributed by atoms with Crippen molar-refractivity contribution < 1.29 is 8.42 Å². The molecule has 1 atom stereocenters. The van der Waals surface area contributed by atoms with Crippen LogP contribution in [0.2, 0.25) is 0 Å². The maximum absolute atomic E-state index is 12.6. The van der Waals surface area contributed by atoms with Crippen molar-refractivity contribution in [2.24, 2.45) is 0 Å². The minimum absolute atomic E-state index is 0.178. The van der Waals surface area contributed by atoms with E-state index < -0.39 is 10.0 Å². The van der Waals surface area contributed by atoms with Crippen LogP contribution in [-0.2, 0) is 10.0 Å². The topological polar surface area (TPSA) is 79.0 Å². The minimum Gasteiger partial charge on any atom is -0.282 e. The van der Waals surface area contributed by atoms with Crippen LogP contribution in [0.4, 0.5) is 0 Å². The summed E-state index contributed by atoms with van der Waals surface area (Å²) in [6.07, 6.45) is 6.49. The van der Waals surface area contributed by atoms with Gasteiger partial charge in [0.05, 0.1) is 0 Å². The fourth-order valence-corrected chi connectivity index (χ4v) is 4.05. The molecule has 3 rings (SSSR count). The number of nitrogens with zero attached hydrogens (tertiary/aromatic N) is 3. The van der Waals surface area contributed by atoms with Crippen LogP contribution in [0.3, 0.4) is 0 Å². The zero-order valence-electron chi connectivity index (χ0n) is 10.9. The van der Waals surface area contributed by atoms with E-state index in [9.17, 15) is 8.42 Å². The first kappa shape index (κ1) is 13.3. The van der Waals surface area contributed by atoms with Gasteiger partial charge in [0.2, 0.25) is 10.0 Å². The zero-order valence-corrected chi connectivity index (χ0v) is 11.8. The number of nitrogens with one attached hydrogen (secondary N) is 1. The summed E-state index contributed by atoms with van der Waals surface area (Å²) in [7, 11) is -3.45. The Hall–Kier alpha value is -1.73. The lowest BCUT2D eigenvalue weighted by atomic mass is 9.96. The third kappa shape index (κ3) is 2.46. The van der Waals surface area contributed by atoms with Gasteiger partial charge < -0.3 is 0 Å². The summed E-state index contributed by atoms with van der Waals surface area (Å²) < 4.78 is 26.7. The number of rotatable bonds is 3. The van der Waals surface area contributed by atoms with Gasteiger partial charge in [0.15, 0.2) is 0 Å². The molecule has 1 aliphatic heterocycles. The summed E-state index contributed by atoms with van der Waals surface area (Å²) in [5.41, 5.74) is 0.996. The molecular weight excluding hydrogens is 276 g/mol. The van der Waals surface area contributed by atoms with E-state index in [0.29, 0.717) is 13.1 Å². The molecule has 0 amide bonds. The Kier molecular flexibility index (Phi) is 3.54. The maximum Gasteiger partial charge on any atom is 0.244 e. The number of aromatic amines is 1. The summed E-state index contributed by atoms with van der Waals surface area (Å²) in [6.45, 7) is 1.04. The summed E-state index contributed by atoms with van der Waals surface area (Å²) in [6, 6.07) is 5.14. The lowest BCUT2D eigenvalue weighted by Gasteiger charge is -2.31. The Morgan fingerprint density at radius 2 is 2.20 bits per heavy atom. The van der Waals surface area contributed by atoms with Crippen molar-refractivity contribution in [1.82, 2.24) is 19.5 Å². The molecule has 0 bridgehead atoms. The third-order valence-electron chi connectivity index (χ3n) is 3.62. The van der Waals surface area contributed by atoms with E-state index in [-0.39, 0.29) is 10.8 Å². The summed E-state index contributed by atoms with van der Waals surface area (Å²) >= 11 is 0. The fraction of sp³-hybridized carbons (Fsp3) is 0.385. The molecule has 0 saturated carbocycles. The van der Waals surface area contributed by atoms with Gasteiger partial charge in [-0.25, -0.2) is 8.42 Å². The quantitative estimate of drug-likeness (QED) is 0.926. The zero-order chi connectivity index (χ0) is 14.0. The van der Waals surface area contributed by atoms with Gasteiger partial charge in [-0.2, -0.15) is 9.40 Å². The van der Waals surface area contributed by atoms with E-state index in [2.05, 4.69) is 15.2 Å². The molecule has 0 aromatic carbocycles. The summed E-state index contributed by atoms with van der Waals surface area (Å²) in [5.74, 6) is 0.178. The largest absolute Gasteiger partial charge is 0.282 e. The van der Waals surface area contributed by atoms with Gasteiger partial charge in [-0.3, -0.25) is 10.1 Å². The van der Waals surface area contributed by atoms with Gasteiger partial charge in [-0.05, 0) is 31.0 Å². The molecule has 7 heteroatoms. The second-order valence-corrected chi connectivity index (χ2v) is 6.84. The van der Waals surface area contributed by atoms with Crippen LogP contribution in [-0.4, -0.2) is 41.0 Å². The van der Waals surface area contributed by atoms with Crippen LogP contribution in [0.25, 0.3) is 0 Å². The molecule has 20 heavy (non-hydrogen) atoms. The molecule has 2 aromatic rings. The number of piperidine rings is 1. The molecule has 0 spiro atoms. The van der Waals surface area contributed by atoms with Gasteiger partial charge in [0.25, 0.3) is 0 Å². The van der Waals surface area contributed by atoms with Crippen LogP contribution in [0.15, 0.2) is 41.7 Å². The Morgan fingerprint density at radius 3 is 2.90 bits per heavy atom. The van der Waals surface area contributed by atoms with E-state index in [4.69, 9.17) is 0 Å². The highest BCUT2D eigenvalue weighted by molar-refractivity contribution is 7.89. The molecule has 2 aromatic heterocycles. The van der Waals surface area contributed by atoms with Gasteiger partial charge >= 0.3 is 0 Å². The minimum atomic E-state index is -3.45. The lowest BCUT2D eigenvalue weighted by Crippen LogP contribution is -2.39. The van der Waals surface area contributed by atoms with Crippen molar-refractivity contribution in [3.63, 3.8) is 0 Å². The molecule has 1 N–H and O–H groups in total. The fourth-order valence-electron chi connectivity index (χ4n) is 2.56. The first-order valence-electron chi connectivity index (χ1n) is 6.57. The second kappa shape index (κ2) is 5.34. The molecule has 3 heterocycles. The predicted molar refractivity (Wildman–Crippen MR) is 73.6 cm³/mol. The van der Waals surface area contributed by atoms with Crippen LogP contribution < -0.4 is 0 Å². The van der Waals surface area contributed by atoms with Crippen LogP contribution in [0.5, 0.6) is 0 Å². The van der Waals surface area contributed by atoms with E-state index in [1.807, 2.05) is 6.07 Å². The average molecular weight is 292 g/mol. The monoisotopic (exact) mass is 292 g/mol. The highest BCUT2D eigenvalue weighted by Gasteiger charge is 2.31. The number of hydrogen-bond donors (Lipinski definition) is 1. The third-order valence-corrected chi connectivity index (χ3v) is 5.47. The molecule has 1 saturated heterocycles. The smallest absolute Gasteiger partial charge is 0.244 e. The van der Waals surface area contributed by atoms with Crippen molar-refractivity contribution in [1.29, 1.82) is 0 Å². The molecule has 1 aliphatic rings. The second-order valence-electron chi connectivity index (χ2n) is 4.90. The van der Waals surface area contributed by atoms with Crippen molar-refractivity contribution in [3.05, 3.63) is 42.5 Å². The molecule has 1 fully saturated rings. The Balaban J connectivity index is 1.84. The standard InChI is InChI=1S/C13H16N4O2S/c18-20(19,12-4-1-6-14-9-12)17-8-2-3-11(10-17)13-5-7-15-16-13/h1,4-7,9,11H,2-3,8,10H2,(H,15,16)/t11-/m0/s1. The van der Waals surface area contributed by atoms with Crippen molar-refractivity contribution in [2.75, 3.05) is 13.1 Å². The first-order chi connectivity index (χ1) is 9.68. The van der Waals surface area contributed by atoms with Crippen molar-refractivity contribution in [2.45, 2.75) is 23.7 Å². The predicted octanol–water partition coefficient (Wildman–Crippen LogP) is 1.37. The number of pyridine rings is 1. The van der Waals surface area contributed by atoms with Crippen LogP contribution in [0, 0.1) is 0 Å². The van der Waals surface area contributed by atoms with Gasteiger partial charge in [-0.15, -0.1) is 0 Å². The van der Waals surface area contributed by atoms with E-state index in [0.717, 1.165) is 18.5 Å². The number of H-pyrrole nitrogens is 1. The number of aromatic nitrogens is 3. The van der Waals surface area contributed by atoms with Crippen LogP contribution >= 0.6 is 0 Å². The molecule has 106 valence electrons. The maximum atomic E-state index is 12.6. The molecule has 0 aliphatic carbocycles. The number of sulfonamides is 1. The Morgan fingerprint density at radius 1 is 1.30 bits per heavy atom. The Labute approximate surface area is 117 Å². The summed E-state index contributed by atoms with van der Waals surface area (Å²) in [5, 5.41) is 6.87. The van der Waals surface area contributed by atoms with Gasteiger partial charge in [0, 0.05) is 43.3 Å².